The molecule has 11 nitrogen and oxygen atoms in total. The quantitative estimate of drug-likeness (QED) is 0.249. The molecule has 1 fully saturated rings. The lowest BCUT2D eigenvalue weighted by atomic mass is 10.2. The average molecular weight is 392 g/mol. The molecule has 0 atom stereocenters. The Morgan fingerprint density at radius 3 is 2.76 bits per heavy atom. The Bertz CT molecular complexity index is 1280. The molecule has 29 heavy (non-hydrogen) atoms. The predicted octanol–water partition coefficient (Wildman–Crippen LogP) is 3.25. The van der Waals surface area contributed by atoms with Gasteiger partial charge in [0.15, 0.2) is 0 Å². The van der Waals surface area contributed by atoms with Crippen molar-refractivity contribution in [3.63, 3.8) is 0 Å². The Morgan fingerprint density at radius 1 is 1.10 bits per heavy atom. The number of nitrogens with one attached hydrogen (secondary N) is 5. The van der Waals surface area contributed by atoms with Crippen molar-refractivity contribution in [3.8, 4) is 0 Å². The predicted molar refractivity (Wildman–Crippen MR) is 107 cm³/mol. The molecular weight excluding hydrogens is 376 g/mol. The Hall–Kier alpha value is -4.15. The molecule has 1 aliphatic carbocycles. The summed E-state index contributed by atoms with van der Waals surface area (Å²) < 4.78 is 0. The lowest BCUT2D eigenvalue weighted by Crippen LogP contribution is -2.03. The molecule has 3 aromatic heterocycles. The number of pyridine rings is 1. The van der Waals surface area contributed by atoms with Crippen LogP contribution < -0.4 is 16.2 Å². The highest BCUT2D eigenvalue weighted by Crippen LogP contribution is 2.39. The highest BCUT2D eigenvalue weighted by molar-refractivity contribution is 5.83. The van der Waals surface area contributed by atoms with Crippen molar-refractivity contribution in [3.05, 3.63) is 62.6 Å². The van der Waals surface area contributed by atoms with Crippen LogP contribution in [-0.4, -0.2) is 30.3 Å². The van der Waals surface area contributed by atoms with Crippen LogP contribution in [0.1, 0.15) is 24.5 Å². The van der Waals surface area contributed by atoms with Gasteiger partial charge in [0, 0.05) is 23.7 Å². The summed E-state index contributed by atoms with van der Waals surface area (Å²) in [5, 5.41) is 30.4. The van der Waals surface area contributed by atoms with Crippen molar-refractivity contribution < 1.29 is 4.92 Å². The smallest absolute Gasteiger partial charge is 0.311 e. The molecule has 5 rings (SSSR count). The van der Waals surface area contributed by atoms with E-state index < -0.39 is 4.92 Å². The Labute approximate surface area is 162 Å². The van der Waals surface area contributed by atoms with Crippen LogP contribution in [0.25, 0.3) is 10.9 Å². The second kappa shape index (κ2) is 6.48. The maximum Gasteiger partial charge on any atom is 0.311 e. The first-order valence-electron chi connectivity index (χ1n) is 9.02. The molecule has 11 heteroatoms. The number of fused-ring (bicyclic) bond motifs is 1. The van der Waals surface area contributed by atoms with Gasteiger partial charge in [0.2, 0.25) is 5.82 Å². The molecule has 0 spiro atoms. The van der Waals surface area contributed by atoms with Gasteiger partial charge < -0.3 is 10.6 Å². The molecule has 0 saturated heterocycles. The van der Waals surface area contributed by atoms with Crippen molar-refractivity contribution >= 4 is 39.7 Å². The fraction of sp³-hybridized carbons (Fsp3) is 0.167. The fourth-order valence-corrected chi connectivity index (χ4v) is 3.14. The van der Waals surface area contributed by atoms with Gasteiger partial charge in [-0.2, -0.15) is 5.10 Å². The van der Waals surface area contributed by atoms with Crippen molar-refractivity contribution in [1.82, 2.24) is 25.4 Å². The minimum Gasteiger partial charge on any atom is -0.334 e. The fourth-order valence-electron chi connectivity index (χ4n) is 3.14. The van der Waals surface area contributed by atoms with Gasteiger partial charge in [-0.25, -0.2) is 4.98 Å². The lowest BCUT2D eigenvalue weighted by molar-refractivity contribution is -0.384. The second-order valence-corrected chi connectivity index (χ2v) is 6.89. The Balaban J connectivity index is 1.44. The Kier molecular flexibility index (Phi) is 3.79. The molecule has 0 bridgehead atoms. The van der Waals surface area contributed by atoms with E-state index in [0.717, 1.165) is 18.5 Å². The molecule has 4 aromatic rings. The molecule has 0 unspecified atom stereocenters. The summed E-state index contributed by atoms with van der Waals surface area (Å²) in [5.74, 6) is 1.70. The number of rotatable bonds is 6. The number of aromatic amines is 3. The topological polar surface area (TPSA) is 157 Å². The molecule has 0 radical (unpaired) electrons. The number of H-pyrrole nitrogens is 3. The van der Waals surface area contributed by atoms with Gasteiger partial charge in [-0.15, -0.1) is 0 Å². The summed E-state index contributed by atoms with van der Waals surface area (Å²) >= 11 is 0. The van der Waals surface area contributed by atoms with Crippen LogP contribution in [0, 0.1) is 10.1 Å². The highest BCUT2D eigenvalue weighted by Gasteiger charge is 2.26. The number of anilines is 4. The van der Waals surface area contributed by atoms with Crippen molar-refractivity contribution in [2.45, 2.75) is 18.8 Å². The number of nitrogens with zero attached hydrogens (tertiary/aromatic N) is 3. The average Bonchev–Trinajstić information content (AvgIpc) is 3.35. The SMILES string of the molecule is O=c1[nH][nH]c2cc(Nc3nc(Nc4cc(C5CC5)n[nH]4)ccc3[N+](=O)[O-])ccc12. The van der Waals surface area contributed by atoms with E-state index in [1.165, 1.54) is 12.1 Å². The molecule has 0 amide bonds. The third-order valence-electron chi connectivity index (χ3n) is 4.76. The molecule has 1 aromatic carbocycles. The second-order valence-electron chi connectivity index (χ2n) is 6.89. The van der Waals surface area contributed by atoms with Gasteiger partial charge in [0.05, 0.1) is 21.5 Å². The highest BCUT2D eigenvalue weighted by atomic mass is 16.6. The number of hydrogen-bond acceptors (Lipinski definition) is 7. The van der Waals surface area contributed by atoms with Gasteiger partial charge in [-0.05, 0) is 37.1 Å². The van der Waals surface area contributed by atoms with Gasteiger partial charge in [0.25, 0.3) is 5.56 Å². The minimum atomic E-state index is -0.503. The van der Waals surface area contributed by atoms with Crippen molar-refractivity contribution in [1.29, 1.82) is 0 Å². The van der Waals surface area contributed by atoms with E-state index in [9.17, 15) is 14.9 Å². The number of aromatic nitrogens is 5. The summed E-state index contributed by atoms with van der Waals surface area (Å²) in [7, 11) is 0. The normalized spacial score (nSPS) is 13.5. The van der Waals surface area contributed by atoms with E-state index >= 15 is 0 Å². The third-order valence-corrected chi connectivity index (χ3v) is 4.76. The van der Waals surface area contributed by atoms with Gasteiger partial charge in [-0.1, -0.05) is 0 Å². The van der Waals surface area contributed by atoms with E-state index in [-0.39, 0.29) is 17.1 Å². The van der Waals surface area contributed by atoms with Crippen LogP contribution in [0.4, 0.5) is 28.8 Å². The van der Waals surface area contributed by atoms with Gasteiger partial charge in [0.1, 0.15) is 11.6 Å². The number of hydrogen-bond donors (Lipinski definition) is 5. The third kappa shape index (κ3) is 3.29. The first-order valence-corrected chi connectivity index (χ1v) is 9.02. The van der Waals surface area contributed by atoms with Crippen molar-refractivity contribution in [2.75, 3.05) is 10.6 Å². The van der Waals surface area contributed by atoms with E-state index in [1.54, 1.807) is 18.2 Å². The summed E-state index contributed by atoms with van der Waals surface area (Å²) in [5.41, 5.74) is 1.75. The van der Waals surface area contributed by atoms with Gasteiger partial charge in [-0.3, -0.25) is 30.2 Å². The van der Waals surface area contributed by atoms with E-state index in [1.807, 2.05) is 6.07 Å². The van der Waals surface area contributed by atoms with Crippen LogP contribution >= 0.6 is 0 Å². The van der Waals surface area contributed by atoms with Crippen LogP contribution in [-0.2, 0) is 0 Å². The molecular formula is C18H16N8O3. The minimum absolute atomic E-state index is 0.0826. The van der Waals surface area contributed by atoms with E-state index in [4.69, 9.17) is 0 Å². The zero-order valence-electron chi connectivity index (χ0n) is 15.0. The monoisotopic (exact) mass is 392 g/mol. The summed E-state index contributed by atoms with van der Waals surface area (Å²) in [4.78, 5) is 26.9. The molecule has 0 aliphatic heterocycles. The maximum absolute atomic E-state index is 11.6. The van der Waals surface area contributed by atoms with Crippen LogP contribution in [0.5, 0.6) is 0 Å². The van der Waals surface area contributed by atoms with Crippen LogP contribution in [0.15, 0.2) is 41.2 Å². The zero-order chi connectivity index (χ0) is 20.0. The zero-order valence-corrected chi connectivity index (χ0v) is 15.0. The van der Waals surface area contributed by atoms with Crippen molar-refractivity contribution in [2.24, 2.45) is 0 Å². The van der Waals surface area contributed by atoms with Crippen LogP contribution in [0.2, 0.25) is 0 Å². The maximum atomic E-state index is 11.6. The van der Waals surface area contributed by atoms with Crippen LogP contribution in [0.3, 0.4) is 0 Å². The molecule has 146 valence electrons. The molecule has 1 aliphatic rings. The van der Waals surface area contributed by atoms with E-state index in [2.05, 4.69) is 36.0 Å². The Morgan fingerprint density at radius 2 is 1.97 bits per heavy atom. The number of nitro groups is 1. The lowest BCUT2D eigenvalue weighted by Gasteiger charge is -2.09. The molecule has 1 saturated carbocycles. The first kappa shape index (κ1) is 17.0. The summed E-state index contributed by atoms with van der Waals surface area (Å²) in [6.07, 6.45) is 2.29. The summed E-state index contributed by atoms with van der Waals surface area (Å²) in [6.45, 7) is 0. The first-order chi connectivity index (χ1) is 14.1. The molecule has 5 N–H and O–H groups in total. The summed E-state index contributed by atoms with van der Waals surface area (Å²) in [6, 6.07) is 9.80. The number of benzene rings is 1. The molecule has 3 heterocycles. The largest absolute Gasteiger partial charge is 0.334 e. The van der Waals surface area contributed by atoms with Gasteiger partial charge >= 0.3 is 5.69 Å². The standard InChI is InChI=1S/C18H16N8O3/c27-18-11-4-3-10(7-13(11)23-25-18)19-17-14(26(28)29)5-6-15(21-17)20-16-8-12(22-24-16)9-1-2-9/h3-9H,1-2H2,(H2,23,25,27)(H3,19,20,21,22,24). The van der Waals surface area contributed by atoms with E-state index in [0.29, 0.717) is 34.1 Å².